The molecule has 1 aliphatic rings. The minimum atomic E-state index is -0.509. The van der Waals surface area contributed by atoms with Gasteiger partial charge in [-0.1, -0.05) is 0 Å². The Morgan fingerprint density at radius 3 is 2.37 bits per heavy atom. The molecule has 30 heavy (non-hydrogen) atoms. The van der Waals surface area contributed by atoms with Gasteiger partial charge in [0.1, 0.15) is 11.4 Å². The molecule has 9 nitrogen and oxygen atoms in total. The predicted octanol–water partition coefficient (Wildman–Crippen LogP) is 1.56. The fourth-order valence-electron chi connectivity index (χ4n) is 3.39. The molecule has 1 saturated heterocycles. The van der Waals surface area contributed by atoms with Crippen LogP contribution in [-0.2, 0) is 16.6 Å². The molecule has 3 rings (SSSR count). The van der Waals surface area contributed by atoms with E-state index in [2.05, 4.69) is 20.2 Å². The number of nitrogens with one attached hydrogen (secondary N) is 1. The van der Waals surface area contributed by atoms with Gasteiger partial charge in [-0.3, -0.25) is 19.2 Å². The van der Waals surface area contributed by atoms with Crippen molar-refractivity contribution in [3.63, 3.8) is 0 Å². The van der Waals surface area contributed by atoms with Crippen LogP contribution in [0.1, 0.15) is 34.6 Å². The summed E-state index contributed by atoms with van der Waals surface area (Å²) in [6.07, 6.45) is 1.39. The van der Waals surface area contributed by atoms with E-state index in [0.717, 1.165) is 31.9 Å². The van der Waals surface area contributed by atoms with Gasteiger partial charge in [0.2, 0.25) is 5.91 Å². The van der Waals surface area contributed by atoms with Gasteiger partial charge in [0.05, 0.1) is 19.3 Å². The molecular formula is C21H27N5O4. The molecule has 2 aromatic rings. The molecule has 0 aliphatic carbocycles. The van der Waals surface area contributed by atoms with Crippen LogP contribution in [0.5, 0.6) is 0 Å². The maximum Gasteiger partial charge on any atom is 0.343 e. The Bertz CT molecular complexity index is 914. The van der Waals surface area contributed by atoms with Crippen LogP contribution in [0, 0.1) is 0 Å². The summed E-state index contributed by atoms with van der Waals surface area (Å²) < 4.78 is 6.46. The smallest absolute Gasteiger partial charge is 0.343 e. The molecule has 1 fully saturated rings. The van der Waals surface area contributed by atoms with Crippen LogP contribution in [0.25, 0.3) is 0 Å². The van der Waals surface area contributed by atoms with Gasteiger partial charge in [-0.2, -0.15) is 5.10 Å². The minimum absolute atomic E-state index is 0.0527. The third-order valence-corrected chi connectivity index (χ3v) is 5.07. The van der Waals surface area contributed by atoms with Crippen LogP contribution in [0.4, 0.5) is 11.5 Å². The lowest BCUT2D eigenvalue weighted by molar-refractivity contribution is -0.117. The summed E-state index contributed by atoms with van der Waals surface area (Å²) in [5, 5.41) is 6.82. The van der Waals surface area contributed by atoms with Gasteiger partial charge in [-0.05, 0) is 38.1 Å². The van der Waals surface area contributed by atoms with E-state index in [9.17, 15) is 14.4 Å². The van der Waals surface area contributed by atoms with Crippen molar-refractivity contribution in [1.82, 2.24) is 14.7 Å². The zero-order valence-electron chi connectivity index (χ0n) is 17.6. The van der Waals surface area contributed by atoms with Crippen LogP contribution in [-0.4, -0.2) is 71.7 Å². The SMILES string of the molecule is CCOC(=O)c1cnn(C)c1NC(=O)CN1CCN(c2ccc(C(C)=O)cc2)CC1. The number of aromatic nitrogens is 2. The van der Waals surface area contributed by atoms with E-state index < -0.39 is 5.97 Å². The summed E-state index contributed by atoms with van der Waals surface area (Å²) in [6.45, 7) is 6.80. The van der Waals surface area contributed by atoms with E-state index in [1.54, 1.807) is 20.9 Å². The molecule has 0 bridgehead atoms. The van der Waals surface area contributed by atoms with Gasteiger partial charge in [0, 0.05) is 44.5 Å². The summed E-state index contributed by atoms with van der Waals surface area (Å²) in [7, 11) is 1.66. The highest BCUT2D eigenvalue weighted by Crippen LogP contribution is 2.18. The molecular weight excluding hydrogens is 386 g/mol. The molecule has 0 atom stereocenters. The number of ether oxygens (including phenoxy) is 1. The summed E-state index contributed by atoms with van der Waals surface area (Å²) in [6, 6.07) is 7.59. The first-order chi connectivity index (χ1) is 14.4. The standard InChI is InChI=1S/C21H27N5O4/c1-4-30-21(29)18-13-22-24(3)20(18)23-19(28)14-25-9-11-26(12-10-25)17-7-5-16(6-8-17)15(2)27/h5-8,13H,4,9-12,14H2,1-3H3,(H,23,28). The first kappa shape index (κ1) is 21.5. The Balaban J connectivity index is 1.53. The van der Waals surface area contributed by atoms with E-state index in [-0.39, 0.29) is 30.4 Å². The van der Waals surface area contributed by atoms with Crippen molar-refractivity contribution >= 4 is 29.2 Å². The Morgan fingerprint density at radius 2 is 1.77 bits per heavy atom. The molecule has 1 aliphatic heterocycles. The van der Waals surface area contributed by atoms with Crippen LogP contribution < -0.4 is 10.2 Å². The number of amides is 1. The van der Waals surface area contributed by atoms with Gasteiger partial charge in [-0.25, -0.2) is 4.79 Å². The Kier molecular flexibility index (Phi) is 6.83. The van der Waals surface area contributed by atoms with Gasteiger partial charge in [0.15, 0.2) is 5.78 Å². The number of hydrogen-bond acceptors (Lipinski definition) is 7. The summed E-state index contributed by atoms with van der Waals surface area (Å²) in [5.41, 5.74) is 2.01. The number of ketones is 1. The van der Waals surface area contributed by atoms with E-state index in [1.165, 1.54) is 10.9 Å². The lowest BCUT2D eigenvalue weighted by atomic mass is 10.1. The molecule has 1 aromatic heterocycles. The second kappa shape index (κ2) is 9.53. The van der Waals surface area contributed by atoms with Crippen molar-refractivity contribution in [3.05, 3.63) is 41.6 Å². The van der Waals surface area contributed by atoms with E-state index in [4.69, 9.17) is 4.74 Å². The first-order valence-corrected chi connectivity index (χ1v) is 9.96. The predicted molar refractivity (Wildman–Crippen MR) is 113 cm³/mol. The number of nitrogens with zero attached hydrogens (tertiary/aromatic N) is 4. The number of hydrogen-bond donors (Lipinski definition) is 1. The number of carbonyl (C=O) groups excluding carboxylic acids is 3. The Hall–Kier alpha value is -3.20. The second-order valence-corrected chi connectivity index (χ2v) is 7.17. The molecule has 1 N–H and O–H groups in total. The largest absolute Gasteiger partial charge is 0.462 e. The number of rotatable bonds is 7. The lowest BCUT2D eigenvalue weighted by Gasteiger charge is -2.35. The average Bonchev–Trinajstić information content (AvgIpc) is 3.09. The fourth-order valence-corrected chi connectivity index (χ4v) is 3.39. The number of Topliss-reactive ketones (excluding diaryl/α,β-unsaturated/α-hetero) is 1. The number of piperazine rings is 1. The highest BCUT2D eigenvalue weighted by atomic mass is 16.5. The summed E-state index contributed by atoms with van der Waals surface area (Å²) in [4.78, 5) is 40.3. The van der Waals surface area contributed by atoms with Crippen molar-refractivity contribution < 1.29 is 19.1 Å². The number of benzene rings is 1. The second-order valence-electron chi connectivity index (χ2n) is 7.17. The number of aryl methyl sites for hydroxylation is 1. The maximum absolute atomic E-state index is 12.5. The van der Waals surface area contributed by atoms with Crippen LogP contribution in [0.3, 0.4) is 0 Å². The minimum Gasteiger partial charge on any atom is -0.462 e. The maximum atomic E-state index is 12.5. The monoisotopic (exact) mass is 413 g/mol. The third-order valence-electron chi connectivity index (χ3n) is 5.07. The number of esters is 1. The van der Waals surface area contributed by atoms with Gasteiger partial charge < -0.3 is 15.0 Å². The van der Waals surface area contributed by atoms with Gasteiger partial charge in [0.25, 0.3) is 0 Å². The molecule has 1 amide bonds. The van der Waals surface area contributed by atoms with Crippen molar-refractivity contribution in [1.29, 1.82) is 0 Å². The molecule has 9 heteroatoms. The highest BCUT2D eigenvalue weighted by Gasteiger charge is 2.22. The normalized spacial score (nSPS) is 14.4. The van der Waals surface area contributed by atoms with Gasteiger partial charge >= 0.3 is 5.97 Å². The lowest BCUT2D eigenvalue weighted by Crippen LogP contribution is -2.48. The molecule has 0 saturated carbocycles. The zero-order valence-corrected chi connectivity index (χ0v) is 17.6. The van der Waals surface area contributed by atoms with Crippen LogP contribution in [0.15, 0.2) is 30.5 Å². The topological polar surface area (TPSA) is 96.8 Å². The molecule has 0 spiro atoms. The Labute approximate surface area is 175 Å². The number of anilines is 2. The van der Waals surface area contributed by atoms with Crippen LogP contribution in [0.2, 0.25) is 0 Å². The van der Waals surface area contributed by atoms with E-state index in [1.807, 2.05) is 24.3 Å². The van der Waals surface area contributed by atoms with Crippen molar-refractivity contribution in [3.8, 4) is 0 Å². The fraction of sp³-hybridized carbons (Fsp3) is 0.429. The van der Waals surface area contributed by atoms with E-state index >= 15 is 0 Å². The Morgan fingerprint density at radius 1 is 1.10 bits per heavy atom. The van der Waals surface area contributed by atoms with Crippen molar-refractivity contribution in [2.75, 3.05) is 49.5 Å². The van der Waals surface area contributed by atoms with Crippen LogP contribution >= 0.6 is 0 Å². The summed E-state index contributed by atoms with van der Waals surface area (Å²) in [5.74, 6) is -0.326. The quantitative estimate of drug-likeness (QED) is 0.543. The van der Waals surface area contributed by atoms with Crippen molar-refractivity contribution in [2.45, 2.75) is 13.8 Å². The van der Waals surface area contributed by atoms with E-state index in [0.29, 0.717) is 11.4 Å². The van der Waals surface area contributed by atoms with Gasteiger partial charge in [-0.15, -0.1) is 0 Å². The average molecular weight is 413 g/mol. The third kappa shape index (κ3) is 5.04. The first-order valence-electron chi connectivity index (χ1n) is 9.96. The number of carbonyl (C=O) groups is 3. The molecule has 160 valence electrons. The van der Waals surface area contributed by atoms with Crippen molar-refractivity contribution in [2.24, 2.45) is 7.05 Å². The molecule has 0 unspecified atom stereocenters. The summed E-state index contributed by atoms with van der Waals surface area (Å²) >= 11 is 0. The molecule has 1 aromatic carbocycles. The molecule has 2 heterocycles. The molecule has 0 radical (unpaired) electrons. The highest BCUT2D eigenvalue weighted by molar-refractivity contribution is 6.00. The zero-order chi connectivity index (χ0) is 21.7.